The number of nitrogens with two attached hydrogens (primary N) is 1. The van der Waals surface area contributed by atoms with Gasteiger partial charge < -0.3 is 10.6 Å². The monoisotopic (exact) mass is 274 g/mol. The van der Waals surface area contributed by atoms with E-state index in [1.165, 1.54) is 0 Å². The number of carbonyl (C=O) groups excluding carboxylic acids is 1. The number of anilines is 2. The second-order valence-corrected chi connectivity index (χ2v) is 4.83. The van der Waals surface area contributed by atoms with E-state index in [9.17, 15) is 4.79 Å². The summed E-state index contributed by atoms with van der Waals surface area (Å²) in [4.78, 5) is 13.9. The molecule has 0 aliphatic carbocycles. The van der Waals surface area contributed by atoms with Gasteiger partial charge in [0.05, 0.1) is 0 Å². The van der Waals surface area contributed by atoms with Gasteiger partial charge in [0.15, 0.2) is 0 Å². The first-order chi connectivity index (χ1) is 8.99. The molecule has 0 spiro atoms. The van der Waals surface area contributed by atoms with E-state index in [0.29, 0.717) is 16.3 Å². The van der Waals surface area contributed by atoms with E-state index < -0.39 is 0 Å². The van der Waals surface area contributed by atoms with Gasteiger partial charge in [-0.15, -0.1) is 0 Å². The normalized spacial score (nSPS) is 10.3. The van der Waals surface area contributed by atoms with Gasteiger partial charge in [0.2, 0.25) is 0 Å². The number of benzene rings is 2. The lowest BCUT2D eigenvalue weighted by molar-refractivity contribution is 0.0993. The summed E-state index contributed by atoms with van der Waals surface area (Å²) in [5.74, 6) is -0.0923. The van der Waals surface area contributed by atoms with Crippen molar-refractivity contribution >= 4 is 28.9 Å². The van der Waals surface area contributed by atoms with Crippen molar-refractivity contribution in [2.75, 3.05) is 17.7 Å². The third kappa shape index (κ3) is 2.88. The maximum absolute atomic E-state index is 12.4. The highest BCUT2D eigenvalue weighted by atomic mass is 35.5. The van der Waals surface area contributed by atoms with E-state index in [-0.39, 0.29) is 5.91 Å². The number of aryl methyl sites for hydroxylation is 1. The lowest BCUT2D eigenvalue weighted by atomic mass is 10.1. The van der Waals surface area contributed by atoms with Gasteiger partial charge in [0.1, 0.15) is 0 Å². The van der Waals surface area contributed by atoms with Crippen LogP contribution in [0.15, 0.2) is 42.5 Å². The van der Waals surface area contributed by atoms with Crippen LogP contribution in [0.2, 0.25) is 5.02 Å². The minimum atomic E-state index is -0.0923. The van der Waals surface area contributed by atoms with Gasteiger partial charge in [-0.2, -0.15) is 0 Å². The molecule has 0 radical (unpaired) electrons. The van der Waals surface area contributed by atoms with Crippen LogP contribution in [-0.4, -0.2) is 13.0 Å². The zero-order chi connectivity index (χ0) is 14.0. The highest BCUT2D eigenvalue weighted by molar-refractivity contribution is 6.31. The second kappa shape index (κ2) is 5.33. The SMILES string of the molecule is Cc1cc(C(=O)N(C)c2cccc(N)c2)ccc1Cl. The number of nitrogens with zero attached hydrogens (tertiary/aromatic N) is 1. The molecule has 19 heavy (non-hydrogen) atoms. The molecule has 0 saturated carbocycles. The predicted molar refractivity (Wildman–Crippen MR) is 79.8 cm³/mol. The Balaban J connectivity index is 2.30. The molecular weight excluding hydrogens is 260 g/mol. The molecule has 1 amide bonds. The first-order valence-corrected chi connectivity index (χ1v) is 6.26. The molecule has 0 heterocycles. The molecule has 4 heteroatoms. The summed E-state index contributed by atoms with van der Waals surface area (Å²) in [5.41, 5.74) is 8.60. The summed E-state index contributed by atoms with van der Waals surface area (Å²) >= 11 is 5.96. The van der Waals surface area contributed by atoms with Crippen molar-refractivity contribution in [2.24, 2.45) is 0 Å². The Morgan fingerprint density at radius 1 is 1.21 bits per heavy atom. The van der Waals surface area contributed by atoms with Crippen molar-refractivity contribution in [3.8, 4) is 0 Å². The first kappa shape index (κ1) is 13.4. The summed E-state index contributed by atoms with van der Waals surface area (Å²) in [6.45, 7) is 1.87. The zero-order valence-corrected chi connectivity index (χ0v) is 11.6. The molecule has 0 aliphatic rings. The van der Waals surface area contributed by atoms with Crippen LogP contribution in [0.4, 0.5) is 11.4 Å². The number of halogens is 1. The van der Waals surface area contributed by atoms with Crippen molar-refractivity contribution < 1.29 is 4.79 Å². The van der Waals surface area contributed by atoms with Crippen LogP contribution in [-0.2, 0) is 0 Å². The zero-order valence-electron chi connectivity index (χ0n) is 10.9. The largest absolute Gasteiger partial charge is 0.399 e. The average molecular weight is 275 g/mol. The van der Waals surface area contributed by atoms with Gasteiger partial charge in [-0.25, -0.2) is 0 Å². The van der Waals surface area contributed by atoms with Gasteiger partial charge in [0, 0.05) is 29.0 Å². The van der Waals surface area contributed by atoms with Gasteiger partial charge in [-0.05, 0) is 48.9 Å². The summed E-state index contributed by atoms with van der Waals surface area (Å²) in [6, 6.07) is 12.5. The van der Waals surface area contributed by atoms with E-state index in [2.05, 4.69) is 0 Å². The van der Waals surface area contributed by atoms with Crippen molar-refractivity contribution in [1.82, 2.24) is 0 Å². The van der Waals surface area contributed by atoms with Crippen molar-refractivity contribution in [3.05, 3.63) is 58.6 Å². The molecular formula is C15H15ClN2O. The number of hydrogen-bond donors (Lipinski definition) is 1. The van der Waals surface area contributed by atoms with E-state index >= 15 is 0 Å². The summed E-state index contributed by atoms with van der Waals surface area (Å²) in [7, 11) is 1.72. The summed E-state index contributed by atoms with van der Waals surface area (Å²) in [6.07, 6.45) is 0. The summed E-state index contributed by atoms with van der Waals surface area (Å²) in [5, 5.41) is 0.656. The standard InChI is InChI=1S/C15H15ClN2O/c1-10-8-11(6-7-14(10)16)15(19)18(2)13-5-3-4-12(17)9-13/h3-9H,17H2,1-2H3. The minimum Gasteiger partial charge on any atom is -0.399 e. The maximum Gasteiger partial charge on any atom is 0.258 e. The molecule has 98 valence electrons. The Labute approximate surface area is 117 Å². The number of nitrogen functional groups attached to an aromatic ring is 1. The van der Waals surface area contributed by atoms with Crippen LogP contribution in [0.3, 0.4) is 0 Å². The Morgan fingerprint density at radius 2 is 1.95 bits per heavy atom. The van der Waals surface area contributed by atoms with Gasteiger partial charge in [-0.1, -0.05) is 17.7 Å². The molecule has 3 nitrogen and oxygen atoms in total. The van der Waals surface area contributed by atoms with E-state index in [1.54, 1.807) is 42.3 Å². The first-order valence-electron chi connectivity index (χ1n) is 5.89. The van der Waals surface area contributed by atoms with Crippen LogP contribution in [0.5, 0.6) is 0 Å². The van der Waals surface area contributed by atoms with E-state index in [1.807, 2.05) is 19.1 Å². The fourth-order valence-electron chi connectivity index (χ4n) is 1.82. The number of hydrogen-bond acceptors (Lipinski definition) is 2. The number of carbonyl (C=O) groups is 1. The summed E-state index contributed by atoms with van der Waals surface area (Å²) < 4.78 is 0. The van der Waals surface area contributed by atoms with Gasteiger partial charge in [-0.3, -0.25) is 4.79 Å². The van der Waals surface area contributed by atoms with Gasteiger partial charge in [0.25, 0.3) is 5.91 Å². The number of amides is 1. The molecule has 0 bridgehead atoms. The van der Waals surface area contributed by atoms with Crippen LogP contribution in [0.1, 0.15) is 15.9 Å². The smallest absolute Gasteiger partial charge is 0.258 e. The Morgan fingerprint density at radius 3 is 2.58 bits per heavy atom. The van der Waals surface area contributed by atoms with Crippen LogP contribution < -0.4 is 10.6 Å². The molecule has 0 atom stereocenters. The van der Waals surface area contributed by atoms with E-state index in [4.69, 9.17) is 17.3 Å². The Bertz CT molecular complexity index is 625. The third-order valence-corrected chi connectivity index (χ3v) is 3.39. The molecule has 0 saturated heterocycles. The van der Waals surface area contributed by atoms with Crippen LogP contribution in [0.25, 0.3) is 0 Å². The van der Waals surface area contributed by atoms with E-state index in [0.717, 1.165) is 11.3 Å². The number of rotatable bonds is 2. The van der Waals surface area contributed by atoms with Crippen molar-refractivity contribution in [3.63, 3.8) is 0 Å². The quantitative estimate of drug-likeness (QED) is 0.852. The van der Waals surface area contributed by atoms with Crippen LogP contribution in [0, 0.1) is 6.92 Å². The molecule has 2 rings (SSSR count). The maximum atomic E-state index is 12.4. The molecule has 2 N–H and O–H groups in total. The highest BCUT2D eigenvalue weighted by Gasteiger charge is 2.14. The Kier molecular flexibility index (Phi) is 3.76. The van der Waals surface area contributed by atoms with Crippen molar-refractivity contribution in [1.29, 1.82) is 0 Å². The third-order valence-electron chi connectivity index (χ3n) is 2.97. The molecule has 0 unspecified atom stereocenters. The Hall–Kier alpha value is -2.00. The lowest BCUT2D eigenvalue weighted by Gasteiger charge is -2.18. The fourth-order valence-corrected chi connectivity index (χ4v) is 1.94. The molecule has 2 aromatic rings. The second-order valence-electron chi connectivity index (χ2n) is 4.42. The minimum absolute atomic E-state index is 0.0923. The lowest BCUT2D eigenvalue weighted by Crippen LogP contribution is -2.26. The molecule has 2 aromatic carbocycles. The fraction of sp³-hybridized carbons (Fsp3) is 0.133. The predicted octanol–water partition coefficient (Wildman–Crippen LogP) is 3.51. The average Bonchev–Trinajstić information content (AvgIpc) is 2.40. The topological polar surface area (TPSA) is 46.3 Å². The molecule has 0 aliphatic heterocycles. The van der Waals surface area contributed by atoms with Gasteiger partial charge >= 0.3 is 0 Å². The van der Waals surface area contributed by atoms with Crippen molar-refractivity contribution in [2.45, 2.75) is 6.92 Å². The molecule has 0 aromatic heterocycles. The molecule has 0 fully saturated rings. The highest BCUT2D eigenvalue weighted by Crippen LogP contribution is 2.21. The van der Waals surface area contributed by atoms with Crippen LogP contribution >= 0.6 is 11.6 Å².